The highest BCUT2D eigenvalue weighted by Crippen LogP contribution is 2.25. The molecule has 3 rings (SSSR count). The zero-order valence-electron chi connectivity index (χ0n) is 18.7. The van der Waals surface area contributed by atoms with Crippen LogP contribution in [0.15, 0.2) is 66.7 Å². The van der Waals surface area contributed by atoms with Crippen molar-refractivity contribution in [2.24, 2.45) is 0 Å². The van der Waals surface area contributed by atoms with Crippen molar-refractivity contribution in [2.45, 2.75) is 45.8 Å². The Labute approximate surface area is 188 Å². The van der Waals surface area contributed by atoms with Crippen molar-refractivity contribution < 1.29 is 18.7 Å². The molecular formula is C26H29FN2O3. The molecule has 0 aliphatic rings. The number of carbonyl (C=O) groups is 2. The Kier molecular flexibility index (Phi) is 7.82. The summed E-state index contributed by atoms with van der Waals surface area (Å²) in [5.74, 6) is -0.274. The Morgan fingerprint density at radius 1 is 1.00 bits per heavy atom. The van der Waals surface area contributed by atoms with Crippen LogP contribution in [-0.2, 0) is 16.1 Å². The van der Waals surface area contributed by atoms with E-state index in [0.29, 0.717) is 12.2 Å². The van der Waals surface area contributed by atoms with E-state index in [9.17, 15) is 14.0 Å². The van der Waals surface area contributed by atoms with Gasteiger partial charge in [-0.15, -0.1) is 0 Å². The zero-order valence-corrected chi connectivity index (χ0v) is 18.7. The topological polar surface area (TPSA) is 58.6 Å². The molecule has 1 atom stereocenters. The molecule has 32 heavy (non-hydrogen) atoms. The SMILES string of the molecule is CC[C@H](C(=O)NC(C)C)N(Cc1ccc(F)cc1)C(=O)COc1cccc2ccccc12. The van der Waals surface area contributed by atoms with Gasteiger partial charge in [0.1, 0.15) is 17.6 Å². The van der Waals surface area contributed by atoms with Gasteiger partial charge in [-0.05, 0) is 49.4 Å². The van der Waals surface area contributed by atoms with Crippen LogP contribution in [-0.4, -0.2) is 35.4 Å². The van der Waals surface area contributed by atoms with Gasteiger partial charge in [0.2, 0.25) is 5.91 Å². The molecule has 6 heteroatoms. The molecule has 168 valence electrons. The molecule has 2 amide bonds. The monoisotopic (exact) mass is 436 g/mol. The van der Waals surface area contributed by atoms with Crippen molar-refractivity contribution in [3.63, 3.8) is 0 Å². The first-order chi connectivity index (χ1) is 15.4. The van der Waals surface area contributed by atoms with E-state index in [-0.39, 0.29) is 36.8 Å². The average molecular weight is 437 g/mol. The second kappa shape index (κ2) is 10.8. The van der Waals surface area contributed by atoms with Crippen LogP contribution in [0.5, 0.6) is 5.75 Å². The molecule has 0 unspecified atom stereocenters. The number of carbonyl (C=O) groups excluding carboxylic acids is 2. The second-order valence-electron chi connectivity index (χ2n) is 8.00. The third-order valence-electron chi connectivity index (χ3n) is 5.18. The van der Waals surface area contributed by atoms with Crippen LogP contribution in [0, 0.1) is 5.82 Å². The fourth-order valence-electron chi connectivity index (χ4n) is 3.63. The summed E-state index contributed by atoms with van der Waals surface area (Å²) in [6.45, 7) is 5.59. The quantitative estimate of drug-likeness (QED) is 0.529. The lowest BCUT2D eigenvalue weighted by Gasteiger charge is -2.31. The van der Waals surface area contributed by atoms with Gasteiger partial charge in [-0.2, -0.15) is 0 Å². The molecule has 0 aliphatic carbocycles. The van der Waals surface area contributed by atoms with Crippen molar-refractivity contribution >= 4 is 22.6 Å². The predicted molar refractivity (Wildman–Crippen MR) is 124 cm³/mol. The summed E-state index contributed by atoms with van der Waals surface area (Å²) >= 11 is 0. The third kappa shape index (κ3) is 5.84. The number of nitrogens with one attached hydrogen (secondary N) is 1. The molecule has 0 saturated carbocycles. The first kappa shape index (κ1) is 23.3. The van der Waals surface area contributed by atoms with Crippen molar-refractivity contribution in [3.8, 4) is 5.75 Å². The Morgan fingerprint density at radius 2 is 1.69 bits per heavy atom. The molecule has 0 heterocycles. The van der Waals surface area contributed by atoms with Crippen molar-refractivity contribution in [2.75, 3.05) is 6.61 Å². The van der Waals surface area contributed by atoms with Crippen LogP contribution in [0.2, 0.25) is 0 Å². The highest BCUT2D eigenvalue weighted by Gasteiger charge is 2.29. The largest absolute Gasteiger partial charge is 0.483 e. The van der Waals surface area contributed by atoms with Gasteiger partial charge in [-0.1, -0.05) is 55.5 Å². The van der Waals surface area contributed by atoms with E-state index in [4.69, 9.17) is 4.74 Å². The number of nitrogens with zero attached hydrogens (tertiary/aromatic N) is 1. The minimum atomic E-state index is -0.661. The van der Waals surface area contributed by atoms with Crippen molar-refractivity contribution in [3.05, 3.63) is 78.1 Å². The van der Waals surface area contributed by atoms with Crippen LogP contribution in [0.4, 0.5) is 4.39 Å². The number of benzene rings is 3. The fourth-order valence-corrected chi connectivity index (χ4v) is 3.63. The molecule has 0 aromatic heterocycles. The fraction of sp³-hybridized carbons (Fsp3) is 0.308. The van der Waals surface area contributed by atoms with Crippen molar-refractivity contribution in [1.82, 2.24) is 10.2 Å². The van der Waals surface area contributed by atoms with Gasteiger partial charge < -0.3 is 15.0 Å². The number of hydrogen-bond acceptors (Lipinski definition) is 3. The minimum absolute atomic E-state index is 0.0498. The first-order valence-electron chi connectivity index (χ1n) is 10.8. The number of ether oxygens (including phenoxy) is 1. The van der Waals surface area contributed by atoms with Crippen LogP contribution >= 0.6 is 0 Å². The van der Waals surface area contributed by atoms with E-state index >= 15 is 0 Å². The highest BCUT2D eigenvalue weighted by atomic mass is 19.1. The molecule has 3 aromatic carbocycles. The van der Waals surface area contributed by atoms with Crippen LogP contribution in [0.1, 0.15) is 32.8 Å². The maximum atomic E-state index is 13.4. The summed E-state index contributed by atoms with van der Waals surface area (Å²) in [7, 11) is 0. The van der Waals surface area contributed by atoms with Gasteiger partial charge in [0.05, 0.1) is 0 Å². The Balaban J connectivity index is 1.82. The van der Waals surface area contributed by atoms with E-state index in [0.717, 1.165) is 16.3 Å². The molecule has 0 aliphatic heterocycles. The van der Waals surface area contributed by atoms with Gasteiger partial charge >= 0.3 is 0 Å². The molecule has 5 nitrogen and oxygen atoms in total. The number of halogens is 1. The molecule has 1 N–H and O–H groups in total. The number of hydrogen-bond donors (Lipinski definition) is 1. The van der Waals surface area contributed by atoms with Gasteiger partial charge in [0.25, 0.3) is 5.91 Å². The third-order valence-corrected chi connectivity index (χ3v) is 5.18. The summed E-state index contributed by atoms with van der Waals surface area (Å²) in [5, 5.41) is 4.82. The summed E-state index contributed by atoms with van der Waals surface area (Å²) < 4.78 is 19.2. The first-order valence-corrected chi connectivity index (χ1v) is 10.8. The molecule has 0 bridgehead atoms. The molecule has 3 aromatic rings. The second-order valence-corrected chi connectivity index (χ2v) is 8.00. The molecule has 0 spiro atoms. The van der Waals surface area contributed by atoms with E-state index in [1.165, 1.54) is 17.0 Å². The summed E-state index contributed by atoms with van der Waals surface area (Å²) in [6.07, 6.45) is 0.444. The van der Waals surface area contributed by atoms with E-state index in [1.807, 2.05) is 63.2 Å². The summed E-state index contributed by atoms with van der Waals surface area (Å²) in [6, 6.07) is 18.7. The van der Waals surface area contributed by atoms with Crippen LogP contribution in [0.3, 0.4) is 0 Å². The molecule has 0 saturated heterocycles. The summed E-state index contributed by atoms with van der Waals surface area (Å²) in [5.41, 5.74) is 0.737. The smallest absolute Gasteiger partial charge is 0.261 e. The molecular weight excluding hydrogens is 407 g/mol. The maximum absolute atomic E-state index is 13.4. The van der Waals surface area contributed by atoms with E-state index in [2.05, 4.69) is 5.32 Å². The number of amides is 2. The van der Waals surface area contributed by atoms with Gasteiger partial charge in [0, 0.05) is 18.0 Å². The average Bonchev–Trinajstić information content (AvgIpc) is 2.78. The number of fused-ring (bicyclic) bond motifs is 1. The van der Waals surface area contributed by atoms with E-state index in [1.54, 1.807) is 12.1 Å². The molecule has 0 radical (unpaired) electrons. The van der Waals surface area contributed by atoms with Crippen molar-refractivity contribution in [1.29, 1.82) is 0 Å². The highest BCUT2D eigenvalue weighted by molar-refractivity contribution is 5.90. The van der Waals surface area contributed by atoms with Gasteiger partial charge in [-0.3, -0.25) is 9.59 Å². The Morgan fingerprint density at radius 3 is 2.38 bits per heavy atom. The van der Waals surface area contributed by atoms with Crippen LogP contribution in [0.25, 0.3) is 10.8 Å². The zero-order chi connectivity index (χ0) is 23.1. The number of rotatable bonds is 9. The van der Waals surface area contributed by atoms with Gasteiger partial charge in [-0.25, -0.2) is 4.39 Å². The minimum Gasteiger partial charge on any atom is -0.483 e. The predicted octanol–water partition coefficient (Wildman–Crippen LogP) is 4.69. The standard InChI is InChI=1S/C26H29FN2O3/c1-4-23(26(31)28-18(2)3)29(16-19-12-14-21(27)15-13-19)25(30)17-32-24-11-7-9-20-8-5-6-10-22(20)24/h5-15,18,23H,4,16-17H2,1-3H3,(H,28,31)/t23-/m1/s1. The Bertz CT molecular complexity index is 1060. The van der Waals surface area contributed by atoms with E-state index < -0.39 is 6.04 Å². The lowest BCUT2D eigenvalue weighted by atomic mass is 10.1. The lowest BCUT2D eigenvalue weighted by molar-refractivity contribution is -0.143. The van der Waals surface area contributed by atoms with Crippen LogP contribution < -0.4 is 10.1 Å². The maximum Gasteiger partial charge on any atom is 0.261 e. The molecule has 0 fully saturated rings. The summed E-state index contributed by atoms with van der Waals surface area (Å²) in [4.78, 5) is 27.6. The van der Waals surface area contributed by atoms with Gasteiger partial charge in [0.15, 0.2) is 6.61 Å². The lowest BCUT2D eigenvalue weighted by Crippen LogP contribution is -2.51. The Hall–Kier alpha value is -3.41. The normalized spacial score (nSPS) is 11.9.